The summed E-state index contributed by atoms with van der Waals surface area (Å²) in [5.41, 5.74) is 2.78. The van der Waals surface area contributed by atoms with Crippen molar-refractivity contribution in [3.63, 3.8) is 0 Å². The first-order valence-corrected chi connectivity index (χ1v) is 9.09. The smallest absolute Gasteiger partial charge is 0.321 e. The van der Waals surface area contributed by atoms with Crippen molar-refractivity contribution in [2.75, 3.05) is 18.9 Å². The zero-order chi connectivity index (χ0) is 18.7. The molecular weight excluding hydrogens is 328 g/mol. The Morgan fingerprint density at radius 1 is 1.27 bits per heavy atom. The number of nitrogens with zero attached hydrogens (tertiary/aromatic N) is 2. The Bertz CT molecular complexity index is 713. The van der Waals surface area contributed by atoms with Crippen LogP contribution in [-0.2, 0) is 4.74 Å². The number of rotatable bonds is 5. The number of anilines is 1. The van der Waals surface area contributed by atoms with Crippen LogP contribution in [0.3, 0.4) is 0 Å². The van der Waals surface area contributed by atoms with Gasteiger partial charge in [0.2, 0.25) is 0 Å². The van der Waals surface area contributed by atoms with Crippen molar-refractivity contribution < 1.29 is 9.53 Å². The molecule has 2 amide bonds. The van der Waals surface area contributed by atoms with Crippen LogP contribution in [0.5, 0.6) is 0 Å². The fraction of sp³-hybridized carbons (Fsp3) is 0.500. The number of carbonyl (C=O) groups excluding carboxylic acids is 1. The zero-order valence-electron chi connectivity index (χ0n) is 16.0. The highest BCUT2D eigenvalue weighted by atomic mass is 16.5. The van der Waals surface area contributed by atoms with Crippen LogP contribution in [0.2, 0.25) is 0 Å². The zero-order valence-corrected chi connectivity index (χ0v) is 16.0. The molecule has 0 bridgehead atoms. The molecule has 140 valence electrons. The predicted molar refractivity (Wildman–Crippen MR) is 103 cm³/mol. The monoisotopic (exact) mass is 356 g/mol. The maximum atomic E-state index is 12.4. The van der Waals surface area contributed by atoms with Gasteiger partial charge < -0.3 is 15.0 Å². The van der Waals surface area contributed by atoms with E-state index in [2.05, 4.69) is 36.3 Å². The van der Waals surface area contributed by atoms with Crippen molar-refractivity contribution >= 4 is 11.7 Å². The van der Waals surface area contributed by atoms with Crippen molar-refractivity contribution in [3.8, 4) is 11.1 Å². The third-order valence-electron chi connectivity index (χ3n) is 4.56. The van der Waals surface area contributed by atoms with Crippen molar-refractivity contribution in [1.82, 2.24) is 15.1 Å². The average molecular weight is 356 g/mol. The Kier molecular flexibility index (Phi) is 5.32. The van der Waals surface area contributed by atoms with Crippen LogP contribution >= 0.6 is 0 Å². The summed E-state index contributed by atoms with van der Waals surface area (Å²) in [4.78, 5) is 14.1. The van der Waals surface area contributed by atoms with Gasteiger partial charge in [0, 0.05) is 31.0 Å². The van der Waals surface area contributed by atoms with Gasteiger partial charge in [-0.1, -0.05) is 12.1 Å². The number of urea groups is 1. The lowest BCUT2D eigenvalue weighted by Crippen LogP contribution is -2.44. The summed E-state index contributed by atoms with van der Waals surface area (Å²) in [7, 11) is 1.84. The standard InChI is InChI=1S/C20H28N4O2/c1-20(2,3)26-18-9-14(10-18)13-24(4)19(25)23-17-7-5-15(6-8-17)16-11-21-22-12-16/h5-8,11-12,14,18H,9-10,13H2,1-4H3,(H,21,22)(H,23,25). The maximum Gasteiger partial charge on any atom is 0.321 e. The Labute approximate surface area is 154 Å². The Morgan fingerprint density at radius 3 is 2.54 bits per heavy atom. The minimum absolute atomic E-state index is 0.0822. The Hall–Kier alpha value is -2.34. The minimum atomic E-state index is -0.0957. The summed E-state index contributed by atoms with van der Waals surface area (Å²) >= 11 is 0. The van der Waals surface area contributed by atoms with E-state index in [1.165, 1.54) is 0 Å². The van der Waals surface area contributed by atoms with Gasteiger partial charge in [-0.25, -0.2) is 4.79 Å². The number of amides is 2. The molecule has 0 radical (unpaired) electrons. The third-order valence-corrected chi connectivity index (χ3v) is 4.56. The van der Waals surface area contributed by atoms with Crippen molar-refractivity contribution in [2.45, 2.75) is 45.3 Å². The van der Waals surface area contributed by atoms with Crippen LogP contribution in [0.1, 0.15) is 33.6 Å². The first kappa shape index (κ1) is 18.5. The predicted octanol–water partition coefficient (Wildman–Crippen LogP) is 4.13. The largest absolute Gasteiger partial charge is 0.373 e. The maximum absolute atomic E-state index is 12.4. The van der Waals surface area contributed by atoms with Gasteiger partial charge in [-0.15, -0.1) is 0 Å². The van der Waals surface area contributed by atoms with Gasteiger partial charge in [-0.3, -0.25) is 5.10 Å². The lowest BCUT2D eigenvalue weighted by molar-refractivity contribution is -0.113. The van der Waals surface area contributed by atoms with Crippen LogP contribution < -0.4 is 5.32 Å². The third kappa shape index (κ3) is 4.85. The summed E-state index contributed by atoms with van der Waals surface area (Å²) in [6.07, 6.45) is 5.99. The van der Waals surface area contributed by atoms with E-state index in [1.54, 1.807) is 11.1 Å². The molecule has 6 heteroatoms. The summed E-state index contributed by atoms with van der Waals surface area (Å²) in [5.74, 6) is 0.515. The number of hydrogen-bond donors (Lipinski definition) is 2. The Morgan fingerprint density at radius 2 is 1.96 bits per heavy atom. The molecule has 1 aliphatic carbocycles. The molecule has 1 fully saturated rings. The molecule has 1 heterocycles. The van der Waals surface area contributed by atoms with E-state index in [9.17, 15) is 4.79 Å². The summed E-state index contributed by atoms with van der Waals surface area (Å²) < 4.78 is 5.96. The normalized spacial score (nSPS) is 19.7. The van der Waals surface area contributed by atoms with Crippen LogP contribution in [0.25, 0.3) is 11.1 Å². The highest BCUT2D eigenvalue weighted by molar-refractivity contribution is 5.89. The second kappa shape index (κ2) is 7.50. The molecule has 2 N–H and O–H groups in total. The fourth-order valence-electron chi connectivity index (χ4n) is 3.26. The highest BCUT2D eigenvalue weighted by Gasteiger charge is 2.34. The number of aromatic nitrogens is 2. The summed E-state index contributed by atoms with van der Waals surface area (Å²) in [5, 5.41) is 9.70. The van der Waals surface area contributed by atoms with E-state index >= 15 is 0 Å². The highest BCUT2D eigenvalue weighted by Crippen LogP contribution is 2.33. The van der Waals surface area contributed by atoms with E-state index < -0.39 is 0 Å². The number of carbonyl (C=O) groups is 1. The molecule has 3 rings (SSSR count). The number of hydrogen-bond acceptors (Lipinski definition) is 3. The number of ether oxygens (including phenoxy) is 1. The van der Waals surface area contributed by atoms with E-state index in [4.69, 9.17) is 4.74 Å². The molecule has 0 spiro atoms. The molecule has 26 heavy (non-hydrogen) atoms. The van der Waals surface area contributed by atoms with Gasteiger partial charge in [0.15, 0.2) is 0 Å². The summed E-state index contributed by atoms with van der Waals surface area (Å²) in [6.45, 7) is 7.00. The lowest BCUT2D eigenvalue weighted by Gasteiger charge is -2.40. The van der Waals surface area contributed by atoms with Crippen molar-refractivity contribution in [3.05, 3.63) is 36.7 Å². The minimum Gasteiger partial charge on any atom is -0.373 e. The lowest BCUT2D eigenvalue weighted by atomic mass is 9.81. The van der Waals surface area contributed by atoms with E-state index in [1.807, 2.05) is 37.5 Å². The topological polar surface area (TPSA) is 70.2 Å². The summed E-state index contributed by atoms with van der Waals surface area (Å²) in [6, 6.07) is 7.68. The van der Waals surface area contributed by atoms with E-state index in [-0.39, 0.29) is 11.6 Å². The SMILES string of the molecule is CN(CC1CC(OC(C)(C)C)C1)C(=O)Nc1ccc(-c2cn[nH]c2)cc1. The second-order valence-corrected chi connectivity index (χ2v) is 8.06. The quantitative estimate of drug-likeness (QED) is 0.846. The number of H-pyrrole nitrogens is 1. The molecule has 0 unspecified atom stereocenters. The van der Waals surface area contributed by atoms with Gasteiger partial charge in [0.25, 0.3) is 0 Å². The second-order valence-electron chi connectivity index (χ2n) is 8.06. The number of aromatic amines is 1. The first-order chi connectivity index (χ1) is 12.3. The molecule has 1 aliphatic rings. The number of nitrogens with one attached hydrogen (secondary N) is 2. The van der Waals surface area contributed by atoms with Crippen molar-refractivity contribution in [2.24, 2.45) is 5.92 Å². The average Bonchev–Trinajstić information content (AvgIpc) is 3.06. The van der Waals surface area contributed by atoms with Crippen LogP contribution in [-0.4, -0.2) is 46.4 Å². The fourth-order valence-corrected chi connectivity index (χ4v) is 3.26. The molecule has 1 aromatic heterocycles. The van der Waals surface area contributed by atoms with Gasteiger partial charge >= 0.3 is 6.03 Å². The van der Waals surface area contributed by atoms with Gasteiger partial charge in [0.05, 0.1) is 17.9 Å². The Balaban J connectivity index is 1.45. The van der Waals surface area contributed by atoms with Crippen LogP contribution in [0.4, 0.5) is 10.5 Å². The van der Waals surface area contributed by atoms with Crippen LogP contribution in [0, 0.1) is 5.92 Å². The van der Waals surface area contributed by atoms with Gasteiger partial charge in [0.1, 0.15) is 0 Å². The molecule has 6 nitrogen and oxygen atoms in total. The molecule has 1 aromatic carbocycles. The molecule has 1 saturated carbocycles. The molecular formula is C20H28N4O2. The molecule has 2 aromatic rings. The molecule has 0 atom stereocenters. The van der Waals surface area contributed by atoms with E-state index in [0.29, 0.717) is 12.0 Å². The number of benzene rings is 1. The molecule has 0 aliphatic heterocycles. The van der Waals surface area contributed by atoms with E-state index in [0.717, 1.165) is 36.2 Å². The van der Waals surface area contributed by atoms with Crippen LogP contribution in [0.15, 0.2) is 36.7 Å². The molecule has 0 saturated heterocycles. The van der Waals surface area contributed by atoms with Gasteiger partial charge in [-0.05, 0) is 57.2 Å². The van der Waals surface area contributed by atoms with Gasteiger partial charge in [-0.2, -0.15) is 5.10 Å². The first-order valence-electron chi connectivity index (χ1n) is 9.09. The van der Waals surface area contributed by atoms with Crippen molar-refractivity contribution in [1.29, 1.82) is 0 Å².